The Hall–Kier alpha value is -2.45. The van der Waals surface area contributed by atoms with Crippen molar-refractivity contribution in [2.75, 3.05) is 7.11 Å². The summed E-state index contributed by atoms with van der Waals surface area (Å²) < 4.78 is 7.57. The Bertz CT molecular complexity index is 950. The van der Waals surface area contributed by atoms with Crippen molar-refractivity contribution in [2.45, 2.75) is 0 Å². The van der Waals surface area contributed by atoms with Gasteiger partial charge in [-0.05, 0) is 45.8 Å². The van der Waals surface area contributed by atoms with E-state index >= 15 is 0 Å². The molecule has 0 bridgehead atoms. The lowest BCUT2D eigenvalue weighted by Crippen LogP contribution is -1.95. The molecule has 0 atom stereocenters. The Kier molecular flexibility index (Phi) is 4.77. The van der Waals surface area contributed by atoms with Crippen LogP contribution in [0.25, 0.3) is 11.4 Å². The number of phenols is 1. The normalized spacial score (nSPS) is 11.1. The third kappa shape index (κ3) is 3.24. The lowest BCUT2D eigenvalue weighted by molar-refractivity contribution is 0.372. The molecule has 1 heterocycles. The second-order valence-electron chi connectivity index (χ2n) is 4.83. The smallest absolute Gasteiger partial charge is 0.216 e. The quantitative estimate of drug-likeness (QED) is 0.509. The molecule has 24 heavy (non-hydrogen) atoms. The molecule has 3 rings (SSSR count). The van der Waals surface area contributed by atoms with E-state index in [9.17, 15) is 5.11 Å². The zero-order valence-electron chi connectivity index (χ0n) is 12.6. The predicted octanol–water partition coefficient (Wildman–Crippen LogP) is 3.97. The third-order valence-electron chi connectivity index (χ3n) is 3.28. The van der Waals surface area contributed by atoms with Gasteiger partial charge in [-0.15, -0.1) is 0 Å². The minimum Gasteiger partial charge on any atom is -0.503 e. The van der Waals surface area contributed by atoms with Gasteiger partial charge in [-0.1, -0.05) is 30.3 Å². The number of phenolic OH excluding ortho intramolecular Hbond substituents is 1. The maximum absolute atomic E-state index is 9.86. The number of methoxy groups -OCH3 is 1. The minimum absolute atomic E-state index is 0.0412. The van der Waals surface area contributed by atoms with Gasteiger partial charge >= 0.3 is 0 Å². The highest BCUT2D eigenvalue weighted by molar-refractivity contribution is 9.10. The lowest BCUT2D eigenvalue weighted by atomic mass is 10.2. The molecule has 2 aromatic carbocycles. The van der Waals surface area contributed by atoms with E-state index in [0.29, 0.717) is 20.8 Å². The molecule has 3 aromatic rings. The van der Waals surface area contributed by atoms with Crippen molar-refractivity contribution in [3.63, 3.8) is 0 Å². The van der Waals surface area contributed by atoms with Gasteiger partial charge < -0.3 is 9.84 Å². The van der Waals surface area contributed by atoms with Crippen LogP contribution in [-0.2, 0) is 0 Å². The summed E-state index contributed by atoms with van der Waals surface area (Å²) in [6, 6.07) is 13.0. The molecule has 8 heteroatoms. The summed E-state index contributed by atoms with van der Waals surface area (Å²) >= 11 is 8.53. The molecule has 0 amide bonds. The predicted molar refractivity (Wildman–Crippen MR) is 98.2 cm³/mol. The van der Waals surface area contributed by atoms with Gasteiger partial charge in [0.2, 0.25) is 4.77 Å². The topological polar surface area (TPSA) is 75.4 Å². The molecule has 2 N–H and O–H groups in total. The molecule has 6 nitrogen and oxygen atoms in total. The average Bonchev–Trinajstić information content (AvgIpc) is 2.97. The van der Waals surface area contributed by atoms with Crippen molar-refractivity contribution in [1.82, 2.24) is 14.9 Å². The van der Waals surface area contributed by atoms with Gasteiger partial charge in [0.1, 0.15) is 0 Å². The molecular formula is C16H13BrN4O2S. The summed E-state index contributed by atoms with van der Waals surface area (Å²) in [6.07, 6.45) is 1.62. The van der Waals surface area contributed by atoms with Gasteiger partial charge in [0, 0.05) is 5.56 Å². The lowest BCUT2D eigenvalue weighted by Gasteiger charge is -2.06. The van der Waals surface area contributed by atoms with Crippen LogP contribution < -0.4 is 4.74 Å². The zero-order valence-corrected chi connectivity index (χ0v) is 15.0. The van der Waals surface area contributed by atoms with Crippen LogP contribution in [0.5, 0.6) is 11.5 Å². The SMILES string of the molecule is COc1cc(/C=N/n2c(-c3ccccc3)n[nH]c2=S)cc(Br)c1O. The van der Waals surface area contributed by atoms with Gasteiger partial charge in [0.15, 0.2) is 17.3 Å². The van der Waals surface area contributed by atoms with E-state index in [-0.39, 0.29) is 5.75 Å². The number of H-pyrrole nitrogens is 1. The maximum Gasteiger partial charge on any atom is 0.216 e. The van der Waals surface area contributed by atoms with E-state index in [1.807, 2.05) is 30.3 Å². The van der Waals surface area contributed by atoms with Crippen LogP contribution in [0.3, 0.4) is 0 Å². The Morgan fingerprint density at radius 3 is 2.79 bits per heavy atom. The third-order valence-corrected chi connectivity index (χ3v) is 4.14. The molecule has 0 saturated heterocycles. The van der Waals surface area contributed by atoms with E-state index in [1.165, 1.54) is 11.8 Å². The van der Waals surface area contributed by atoms with Gasteiger partial charge in [-0.2, -0.15) is 14.9 Å². The molecule has 0 saturated carbocycles. The number of halogens is 1. The van der Waals surface area contributed by atoms with Crippen molar-refractivity contribution in [2.24, 2.45) is 5.10 Å². The Balaban J connectivity index is 2.01. The molecule has 0 fully saturated rings. The standard InChI is InChI=1S/C16H13BrN4O2S/c1-23-13-8-10(7-12(17)14(13)22)9-18-21-15(19-20-16(21)24)11-5-3-2-4-6-11/h2-9,22H,1H3,(H,20,24)/b18-9+. The molecule has 0 aliphatic heterocycles. The van der Waals surface area contributed by atoms with Crippen LogP contribution in [0.2, 0.25) is 0 Å². The van der Waals surface area contributed by atoms with Gasteiger partial charge in [0.25, 0.3) is 0 Å². The highest BCUT2D eigenvalue weighted by Crippen LogP contribution is 2.34. The van der Waals surface area contributed by atoms with Crippen LogP contribution in [0.4, 0.5) is 0 Å². The van der Waals surface area contributed by atoms with E-state index in [1.54, 1.807) is 18.3 Å². The number of aromatic amines is 1. The Morgan fingerprint density at radius 1 is 1.33 bits per heavy atom. The summed E-state index contributed by atoms with van der Waals surface area (Å²) in [5.74, 6) is 1.01. The minimum atomic E-state index is 0.0412. The van der Waals surface area contributed by atoms with Crippen molar-refractivity contribution in [3.05, 3.63) is 57.3 Å². The fourth-order valence-electron chi connectivity index (χ4n) is 2.12. The van der Waals surface area contributed by atoms with E-state index in [2.05, 4.69) is 31.2 Å². The Labute approximate surface area is 151 Å². The van der Waals surface area contributed by atoms with E-state index in [0.717, 1.165) is 11.1 Å². The van der Waals surface area contributed by atoms with Gasteiger partial charge in [-0.25, -0.2) is 5.10 Å². The number of hydrogen-bond donors (Lipinski definition) is 2. The van der Waals surface area contributed by atoms with E-state index < -0.39 is 0 Å². The molecule has 0 unspecified atom stereocenters. The van der Waals surface area contributed by atoms with Crippen LogP contribution in [-0.4, -0.2) is 33.3 Å². The van der Waals surface area contributed by atoms with Crippen LogP contribution in [0, 0.1) is 4.77 Å². The summed E-state index contributed by atoms with van der Waals surface area (Å²) in [6.45, 7) is 0. The summed E-state index contributed by atoms with van der Waals surface area (Å²) in [5, 5.41) is 21.2. The van der Waals surface area contributed by atoms with Crippen LogP contribution in [0.15, 0.2) is 52.0 Å². The van der Waals surface area contributed by atoms with E-state index in [4.69, 9.17) is 17.0 Å². The number of hydrogen-bond acceptors (Lipinski definition) is 5. The molecule has 0 aliphatic rings. The van der Waals surface area contributed by atoms with Crippen molar-refractivity contribution in [1.29, 1.82) is 0 Å². The highest BCUT2D eigenvalue weighted by Gasteiger charge is 2.09. The number of benzene rings is 2. The molecule has 0 spiro atoms. The highest BCUT2D eigenvalue weighted by atomic mass is 79.9. The molecule has 122 valence electrons. The number of aromatic nitrogens is 3. The molecule has 1 aromatic heterocycles. The zero-order chi connectivity index (χ0) is 17.1. The van der Waals surface area contributed by atoms with Crippen molar-refractivity contribution in [3.8, 4) is 22.9 Å². The fourth-order valence-corrected chi connectivity index (χ4v) is 2.76. The fraction of sp³-hybridized carbons (Fsp3) is 0.0625. The first kappa shape index (κ1) is 16.4. The number of aromatic hydroxyl groups is 1. The average molecular weight is 405 g/mol. The van der Waals surface area contributed by atoms with Crippen LogP contribution in [0.1, 0.15) is 5.56 Å². The molecule has 0 aliphatic carbocycles. The Morgan fingerprint density at radius 2 is 2.08 bits per heavy atom. The largest absolute Gasteiger partial charge is 0.503 e. The summed E-state index contributed by atoms with van der Waals surface area (Å²) in [7, 11) is 1.49. The monoisotopic (exact) mass is 404 g/mol. The first-order valence-electron chi connectivity index (χ1n) is 6.94. The first-order chi connectivity index (χ1) is 11.6. The number of nitrogens with one attached hydrogen (secondary N) is 1. The van der Waals surface area contributed by atoms with Crippen LogP contribution >= 0.6 is 28.1 Å². The van der Waals surface area contributed by atoms with Crippen molar-refractivity contribution >= 4 is 34.4 Å². The molecule has 0 radical (unpaired) electrons. The molecular weight excluding hydrogens is 392 g/mol. The first-order valence-corrected chi connectivity index (χ1v) is 8.14. The van der Waals surface area contributed by atoms with Gasteiger partial charge in [-0.3, -0.25) is 0 Å². The summed E-state index contributed by atoms with van der Waals surface area (Å²) in [5.41, 5.74) is 1.63. The second kappa shape index (κ2) is 6.98. The maximum atomic E-state index is 9.86. The van der Waals surface area contributed by atoms with Crippen molar-refractivity contribution < 1.29 is 9.84 Å². The number of nitrogens with zero attached hydrogens (tertiary/aromatic N) is 3. The second-order valence-corrected chi connectivity index (χ2v) is 6.07. The van der Waals surface area contributed by atoms with Gasteiger partial charge in [0.05, 0.1) is 17.8 Å². The number of ether oxygens (including phenoxy) is 1. The number of rotatable bonds is 4. The summed E-state index contributed by atoms with van der Waals surface area (Å²) in [4.78, 5) is 0.